The zero-order valence-electron chi connectivity index (χ0n) is 9.55. The number of benzene rings is 1. The molecule has 0 atom stereocenters. The topological polar surface area (TPSA) is 0 Å². The summed E-state index contributed by atoms with van der Waals surface area (Å²) in [7, 11) is 0. The van der Waals surface area contributed by atoms with Gasteiger partial charge in [0.05, 0.1) is 0 Å². The maximum absolute atomic E-state index is 5.52. The highest BCUT2D eigenvalue weighted by Crippen LogP contribution is 2.42. The summed E-state index contributed by atoms with van der Waals surface area (Å²) in [5.41, 5.74) is 3.97. The van der Waals surface area contributed by atoms with E-state index >= 15 is 0 Å². The summed E-state index contributed by atoms with van der Waals surface area (Å²) in [5.74, 6) is 3.99. The van der Waals surface area contributed by atoms with Crippen LogP contribution in [-0.4, -0.2) is 5.75 Å². The molecule has 15 heavy (non-hydrogen) atoms. The first kappa shape index (κ1) is 10.6. The highest BCUT2D eigenvalue weighted by atomic mass is 32.2. The molecule has 0 radical (unpaired) electrons. The van der Waals surface area contributed by atoms with Crippen LogP contribution in [0.25, 0.3) is 0 Å². The molecule has 0 nitrogen and oxygen atoms in total. The van der Waals surface area contributed by atoms with Gasteiger partial charge in [-0.05, 0) is 47.8 Å². The van der Waals surface area contributed by atoms with Crippen molar-refractivity contribution in [3.05, 3.63) is 28.8 Å². The Kier molecular flexibility index (Phi) is 2.56. The quantitative estimate of drug-likeness (QED) is 0.595. The standard InChI is InChI=1S/C14H16S/c1-5-11-9-12-13(8-10(11)2)15-7-6-14(12,3)4/h1,8-9H,6-7H2,2-4H3. The lowest BCUT2D eigenvalue weighted by molar-refractivity contribution is 0.493. The van der Waals surface area contributed by atoms with Gasteiger partial charge < -0.3 is 0 Å². The number of hydrogen-bond donors (Lipinski definition) is 0. The molecule has 2 rings (SSSR count). The molecule has 1 aromatic rings. The summed E-state index contributed by atoms with van der Waals surface area (Å²) < 4.78 is 0. The maximum Gasteiger partial charge on any atom is 0.0275 e. The highest BCUT2D eigenvalue weighted by molar-refractivity contribution is 7.99. The van der Waals surface area contributed by atoms with E-state index in [1.165, 1.54) is 28.2 Å². The average Bonchev–Trinajstić information content (AvgIpc) is 2.16. The van der Waals surface area contributed by atoms with Gasteiger partial charge in [0.15, 0.2) is 0 Å². The van der Waals surface area contributed by atoms with E-state index in [0.717, 1.165) is 5.56 Å². The van der Waals surface area contributed by atoms with Crippen molar-refractivity contribution < 1.29 is 0 Å². The van der Waals surface area contributed by atoms with Crippen molar-refractivity contribution in [3.63, 3.8) is 0 Å². The van der Waals surface area contributed by atoms with Gasteiger partial charge in [0.2, 0.25) is 0 Å². The van der Waals surface area contributed by atoms with Crippen molar-refractivity contribution in [2.75, 3.05) is 5.75 Å². The molecule has 1 aliphatic heterocycles. The van der Waals surface area contributed by atoms with Crippen molar-refractivity contribution in [2.24, 2.45) is 0 Å². The summed E-state index contributed by atoms with van der Waals surface area (Å²) in [6.45, 7) is 6.71. The zero-order valence-corrected chi connectivity index (χ0v) is 10.4. The Morgan fingerprint density at radius 3 is 2.80 bits per heavy atom. The van der Waals surface area contributed by atoms with Crippen molar-refractivity contribution in [1.82, 2.24) is 0 Å². The molecule has 1 aromatic carbocycles. The van der Waals surface area contributed by atoms with E-state index < -0.39 is 0 Å². The Labute approximate surface area is 96.5 Å². The van der Waals surface area contributed by atoms with Crippen LogP contribution in [0, 0.1) is 19.3 Å². The number of fused-ring (bicyclic) bond motifs is 1. The van der Waals surface area contributed by atoms with E-state index in [9.17, 15) is 0 Å². The predicted molar refractivity (Wildman–Crippen MR) is 67.5 cm³/mol. The summed E-state index contributed by atoms with van der Waals surface area (Å²) in [6, 6.07) is 4.45. The summed E-state index contributed by atoms with van der Waals surface area (Å²) >= 11 is 1.96. The van der Waals surface area contributed by atoms with Gasteiger partial charge >= 0.3 is 0 Å². The molecule has 0 bridgehead atoms. The number of rotatable bonds is 0. The monoisotopic (exact) mass is 216 g/mol. The second-order valence-corrected chi connectivity index (χ2v) is 5.93. The molecular weight excluding hydrogens is 200 g/mol. The van der Waals surface area contributed by atoms with Crippen LogP contribution >= 0.6 is 11.8 Å². The third-order valence-electron chi connectivity index (χ3n) is 3.20. The van der Waals surface area contributed by atoms with Crippen LogP contribution in [0.1, 0.15) is 37.0 Å². The fourth-order valence-electron chi connectivity index (χ4n) is 2.04. The SMILES string of the molecule is C#Cc1cc2c(cc1C)SCCC2(C)C. The minimum atomic E-state index is 0.278. The molecule has 1 aliphatic rings. The predicted octanol–water partition coefficient (Wildman–Crippen LogP) is 3.75. The van der Waals surface area contributed by atoms with Gasteiger partial charge in [0.25, 0.3) is 0 Å². The lowest BCUT2D eigenvalue weighted by Crippen LogP contribution is -2.23. The first-order valence-corrected chi connectivity index (χ1v) is 6.28. The lowest BCUT2D eigenvalue weighted by Gasteiger charge is -2.32. The normalized spacial score (nSPS) is 18.0. The van der Waals surface area contributed by atoms with E-state index in [4.69, 9.17) is 6.42 Å². The van der Waals surface area contributed by atoms with Crippen LogP contribution in [0.5, 0.6) is 0 Å². The maximum atomic E-state index is 5.52. The molecule has 0 unspecified atom stereocenters. The second-order valence-electron chi connectivity index (χ2n) is 4.79. The van der Waals surface area contributed by atoms with Crippen LogP contribution in [0.15, 0.2) is 17.0 Å². The van der Waals surface area contributed by atoms with Crippen molar-refractivity contribution >= 4 is 11.8 Å². The van der Waals surface area contributed by atoms with Gasteiger partial charge in [-0.25, -0.2) is 0 Å². The number of terminal acetylenes is 1. The van der Waals surface area contributed by atoms with Gasteiger partial charge in [-0.3, -0.25) is 0 Å². The van der Waals surface area contributed by atoms with Gasteiger partial charge in [-0.2, -0.15) is 0 Å². The molecule has 1 heterocycles. The molecule has 0 saturated heterocycles. The number of thioether (sulfide) groups is 1. The van der Waals surface area contributed by atoms with Crippen LogP contribution < -0.4 is 0 Å². The molecule has 0 aliphatic carbocycles. The Morgan fingerprint density at radius 2 is 2.13 bits per heavy atom. The first-order valence-electron chi connectivity index (χ1n) is 5.29. The molecule has 0 N–H and O–H groups in total. The minimum absolute atomic E-state index is 0.278. The van der Waals surface area contributed by atoms with E-state index in [1.54, 1.807) is 0 Å². The molecule has 78 valence electrons. The Balaban J connectivity index is 2.63. The first-order chi connectivity index (χ1) is 7.04. The van der Waals surface area contributed by atoms with Crippen LogP contribution in [0.2, 0.25) is 0 Å². The fraction of sp³-hybridized carbons (Fsp3) is 0.429. The van der Waals surface area contributed by atoms with Crippen LogP contribution in [0.4, 0.5) is 0 Å². The van der Waals surface area contributed by atoms with Gasteiger partial charge in [0, 0.05) is 10.5 Å². The van der Waals surface area contributed by atoms with Crippen molar-refractivity contribution in [1.29, 1.82) is 0 Å². The van der Waals surface area contributed by atoms with Gasteiger partial charge in [0.1, 0.15) is 0 Å². The third kappa shape index (κ3) is 1.79. The van der Waals surface area contributed by atoms with Crippen LogP contribution in [-0.2, 0) is 5.41 Å². The Hall–Kier alpha value is -0.870. The van der Waals surface area contributed by atoms with Crippen molar-refractivity contribution in [2.45, 2.75) is 37.5 Å². The minimum Gasteiger partial charge on any atom is -0.126 e. The molecule has 0 fully saturated rings. The highest BCUT2D eigenvalue weighted by Gasteiger charge is 2.28. The van der Waals surface area contributed by atoms with E-state index in [-0.39, 0.29) is 5.41 Å². The summed E-state index contributed by atoms with van der Waals surface area (Å²) in [6.07, 6.45) is 6.75. The van der Waals surface area contributed by atoms with E-state index in [1.807, 2.05) is 11.8 Å². The summed E-state index contributed by atoms with van der Waals surface area (Å²) in [4.78, 5) is 1.42. The largest absolute Gasteiger partial charge is 0.126 e. The molecule has 0 aromatic heterocycles. The third-order valence-corrected chi connectivity index (χ3v) is 4.25. The number of hydrogen-bond acceptors (Lipinski definition) is 1. The number of aryl methyl sites for hydroxylation is 1. The fourth-order valence-corrected chi connectivity index (χ4v) is 3.62. The van der Waals surface area contributed by atoms with Crippen molar-refractivity contribution in [3.8, 4) is 12.3 Å². The molecule has 0 amide bonds. The average molecular weight is 216 g/mol. The van der Waals surface area contributed by atoms with Crippen LogP contribution in [0.3, 0.4) is 0 Å². The van der Waals surface area contributed by atoms with Gasteiger partial charge in [-0.15, -0.1) is 18.2 Å². The Morgan fingerprint density at radius 1 is 1.40 bits per heavy atom. The molecule has 0 spiro atoms. The van der Waals surface area contributed by atoms with Gasteiger partial charge in [-0.1, -0.05) is 19.8 Å². The van der Waals surface area contributed by atoms with E-state index in [0.29, 0.717) is 0 Å². The van der Waals surface area contributed by atoms with E-state index in [2.05, 4.69) is 38.8 Å². The second kappa shape index (κ2) is 3.61. The smallest absolute Gasteiger partial charge is 0.0275 e. The summed E-state index contributed by atoms with van der Waals surface area (Å²) in [5, 5.41) is 0. The molecule has 0 saturated carbocycles. The lowest BCUT2D eigenvalue weighted by atomic mass is 9.80. The molecular formula is C14H16S. The Bertz CT molecular complexity index is 435. The zero-order chi connectivity index (χ0) is 11.1. The molecule has 1 heteroatoms.